The van der Waals surface area contributed by atoms with Gasteiger partial charge in [-0.25, -0.2) is 0 Å². The molecule has 1 aliphatic heterocycles. The van der Waals surface area contributed by atoms with Gasteiger partial charge in [0, 0.05) is 53.4 Å². The molecule has 6 aromatic carbocycles. The second kappa shape index (κ2) is 9.67. The molecule has 1 unspecified atom stereocenters. The number of hydrogen-bond acceptors (Lipinski definition) is 4. The van der Waals surface area contributed by atoms with Gasteiger partial charge >= 0.3 is 0 Å². The molecule has 0 fully saturated rings. The molecule has 1 aliphatic rings. The maximum atomic E-state index is 9.56. The second-order valence-corrected chi connectivity index (χ2v) is 12.2. The highest BCUT2D eigenvalue weighted by Crippen LogP contribution is 2.43. The molecule has 206 valence electrons. The van der Waals surface area contributed by atoms with Crippen LogP contribution in [0.1, 0.15) is 28.3 Å². The number of hydrogen-bond donors (Lipinski definition) is 1. The summed E-state index contributed by atoms with van der Waals surface area (Å²) in [6.07, 6.45) is 0. The Balaban J connectivity index is 1.21. The summed E-state index contributed by atoms with van der Waals surface area (Å²) in [6.45, 7) is 0. The molecule has 0 radical (unpaired) electrons. The van der Waals surface area contributed by atoms with Gasteiger partial charge in [0.05, 0.1) is 22.7 Å². The minimum absolute atomic E-state index is 0.195. The zero-order valence-electron chi connectivity index (χ0n) is 23.5. The summed E-state index contributed by atoms with van der Waals surface area (Å²) in [6, 6.07) is 48.8. The van der Waals surface area contributed by atoms with Crippen LogP contribution in [0.3, 0.4) is 0 Å². The second-order valence-electron chi connectivity index (χ2n) is 11.2. The smallest absolute Gasteiger partial charge is 0.133 e. The van der Waals surface area contributed by atoms with Crippen LogP contribution in [0, 0.1) is 11.3 Å². The van der Waals surface area contributed by atoms with Crippen LogP contribution in [-0.4, -0.2) is 10.4 Å². The van der Waals surface area contributed by atoms with Crippen LogP contribution in [0.2, 0.25) is 0 Å². The van der Waals surface area contributed by atoms with Gasteiger partial charge < -0.3 is 9.88 Å². The Labute approximate surface area is 257 Å². The maximum Gasteiger partial charge on any atom is 0.133 e. The fourth-order valence-electron chi connectivity index (χ4n) is 6.65. The van der Waals surface area contributed by atoms with Gasteiger partial charge in [-0.2, -0.15) is 5.26 Å². The van der Waals surface area contributed by atoms with E-state index in [1.807, 2.05) is 47.7 Å². The number of rotatable bonds is 3. The van der Waals surface area contributed by atoms with E-state index in [4.69, 9.17) is 4.99 Å². The lowest BCUT2D eigenvalue weighted by atomic mass is 9.94. The average molecular weight is 581 g/mol. The zero-order valence-corrected chi connectivity index (χ0v) is 24.3. The summed E-state index contributed by atoms with van der Waals surface area (Å²) in [5.74, 6) is 0.803. The molecule has 0 saturated carbocycles. The van der Waals surface area contributed by atoms with Gasteiger partial charge in [0.15, 0.2) is 0 Å². The largest absolute Gasteiger partial charge is 0.340 e. The van der Waals surface area contributed by atoms with Gasteiger partial charge in [-0.15, -0.1) is 11.3 Å². The lowest BCUT2D eigenvalue weighted by Crippen LogP contribution is -2.22. The molecule has 0 spiro atoms. The molecule has 1 atom stereocenters. The van der Waals surface area contributed by atoms with Crippen LogP contribution < -0.4 is 5.32 Å². The molecule has 9 rings (SSSR count). The van der Waals surface area contributed by atoms with Crippen molar-refractivity contribution < 1.29 is 0 Å². The van der Waals surface area contributed by atoms with E-state index >= 15 is 0 Å². The first-order chi connectivity index (χ1) is 21.8. The highest BCUT2D eigenvalue weighted by Gasteiger charge is 2.25. The van der Waals surface area contributed by atoms with Crippen molar-refractivity contribution in [1.29, 1.82) is 5.26 Å². The molecule has 5 heteroatoms. The van der Waals surface area contributed by atoms with Crippen LogP contribution in [0.5, 0.6) is 0 Å². The van der Waals surface area contributed by atoms with Gasteiger partial charge in [-0.05, 0) is 48.0 Å². The van der Waals surface area contributed by atoms with Crippen LogP contribution in [-0.2, 0) is 0 Å². The molecule has 44 heavy (non-hydrogen) atoms. The standard InChI is InChI=1S/C39H24N4S/c40-23-24-14-19-30-32(22-24)41-39(26-8-2-1-3-9-26)42-37(30)25-15-17-27(18-16-25)43-33-12-6-4-11-31(33)36-34(43)21-20-29-28-10-5-7-13-35(28)44-38(29)36/h1-22,37H,(H,41,42). The highest BCUT2D eigenvalue weighted by molar-refractivity contribution is 7.26. The fraction of sp³-hybridized carbons (Fsp3) is 0.0256. The van der Waals surface area contributed by atoms with Crippen molar-refractivity contribution in [1.82, 2.24) is 4.57 Å². The van der Waals surface area contributed by atoms with Crippen molar-refractivity contribution in [2.24, 2.45) is 4.99 Å². The fourth-order valence-corrected chi connectivity index (χ4v) is 7.91. The van der Waals surface area contributed by atoms with E-state index in [0.717, 1.165) is 33.9 Å². The molecule has 0 aliphatic carbocycles. The molecule has 4 nitrogen and oxygen atoms in total. The molecule has 0 amide bonds. The van der Waals surface area contributed by atoms with E-state index in [9.17, 15) is 5.26 Å². The number of fused-ring (bicyclic) bond motifs is 8. The van der Waals surface area contributed by atoms with Crippen LogP contribution >= 0.6 is 11.3 Å². The lowest BCUT2D eigenvalue weighted by molar-refractivity contribution is 0.862. The molecule has 8 aromatic rings. The average Bonchev–Trinajstić information content (AvgIpc) is 3.64. The normalized spacial score (nSPS) is 14.4. The summed E-state index contributed by atoms with van der Waals surface area (Å²) in [4.78, 5) is 5.18. The highest BCUT2D eigenvalue weighted by atomic mass is 32.1. The van der Waals surface area contributed by atoms with Crippen molar-refractivity contribution in [3.05, 3.63) is 156 Å². The van der Waals surface area contributed by atoms with Crippen molar-refractivity contribution >= 4 is 64.8 Å². The third kappa shape index (κ3) is 3.72. The van der Waals surface area contributed by atoms with Crippen molar-refractivity contribution in [2.75, 3.05) is 5.32 Å². The summed E-state index contributed by atoms with van der Waals surface area (Å²) in [5.41, 5.74) is 8.23. The summed E-state index contributed by atoms with van der Waals surface area (Å²) in [5, 5.41) is 18.2. The number of para-hydroxylation sites is 1. The molecule has 0 bridgehead atoms. The SMILES string of the molecule is N#Cc1ccc2c(c1)NC(c1ccccc1)=NC2c1ccc(-n2c3ccccc3c3c4sc5ccccc5c4ccc32)cc1. The van der Waals surface area contributed by atoms with Gasteiger partial charge in [-0.1, -0.05) is 91.0 Å². The Bertz CT molecular complexity index is 2480. The van der Waals surface area contributed by atoms with E-state index in [1.165, 1.54) is 42.0 Å². The van der Waals surface area contributed by atoms with Gasteiger partial charge in [-0.3, -0.25) is 4.99 Å². The van der Waals surface area contributed by atoms with Crippen LogP contribution in [0.15, 0.2) is 138 Å². The Kier molecular flexibility index (Phi) is 5.46. The Hall–Kier alpha value is -5.70. The quantitative estimate of drug-likeness (QED) is 0.226. The van der Waals surface area contributed by atoms with Crippen molar-refractivity contribution in [3.8, 4) is 11.8 Å². The monoisotopic (exact) mass is 580 g/mol. The van der Waals surface area contributed by atoms with E-state index in [2.05, 4.69) is 113 Å². The van der Waals surface area contributed by atoms with Crippen LogP contribution in [0.4, 0.5) is 5.69 Å². The number of nitriles is 1. The number of benzene rings is 6. The zero-order chi connectivity index (χ0) is 29.2. The molecule has 1 N–H and O–H groups in total. The minimum atomic E-state index is -0.195. The predicted octanol–water partition coefficient (Wildman–Crippen LogP) is 9.98. The summed E-state index contributed by atoms with van der Waals surface area (Å²) < 4.78 is 5.03. The molecule has 2 aromatic heterocycles. The molecule has 3 heterocycles. The number of aromatic nitrogens is 1. The number of anilines is 1. The first-order valence-electron chi connectivity index (χ1n) is 14.6. The maximum absolute atomic E-state index is 9.56. The number of thiophene rings is 1. The van der Waals surface area contributed by atoms with E-state index < -0.39 is 0 Å². The summed E-state index contributed by atoms with van der Waals surface area (Å²) in [7, 11) is 0. The van der Waals surface area contributed by atoms with Gasteiger partial charge in [0.1, 0.15) is 11.9 Å². The Morgan fingerprint density at radius 2 is 1.48 bits per heavy atom. The minimum Gasteiger partial charge on any atom is -0.340 e. The van der Waals surface area contributed by atoms with E-state index in [0.29, 0.717) is 5.56 Å². The van der Waals surface area contributed by atoms with Crippen LogP contribution in [0.25, 0.3) is 47.7 Å². The van der Waals surface area contributed by atoms with E-state index in [1.54, 1.807) is 0 Å². The van der Waals surface area contributed by atoms with Gasteiger partial charge in [0.2, 0.25) is 0 Å². The molecule has 0 saturated heterocycles. The number of nitrogens with one attached hydrogen (secondary N) is 1. The number of nitrogens with zero attached hydrogens (tertiary/aromatic N) is 3. The van der Waals surface area contributed by atoms with Crippen molar-refractivity contribution in [3.63, 3.8) is 0 Å². The number of amidine groups is 1. The number of aliphatic imine (C=N–C) groups is 1. The molecular formula is C39H24N4S. The van der Waals surface area contributed by atoms with Crippen molar-refractivity contribution in [2.45, 2.75) is 6.04 Å². The molecular weight excluding hydrogens is 557 g/mol. The first-order valence-corrected chi connectivity index (χ1v) is 15.5. The Morgan fingerprint density at radius 3 is 2.32 bits per heavy atom. The predicted molar refractivity (Wildman–Crippen MR) is 183 cm³/mol. The third-order valence-corrected chi connectivity index (χ3v) is 9.89. The lowest BCUT2D eigenvalue weighted by Gasteiger charge is -2.26. The Morgan fingerprint density at radius 1 is 0.705 bits per heavy atom. The summed E-state index contributed by atoms with van der Waals surface area (Å²) >= 11 is 1.88. The van der Waals surface area contributed by atoms with E-state index in [-0.39, 0.29) is 6.04 Å². The topological polar surface area (TPSA) is 53.1 Å². The third-order valence-electron chi connectivity index (χ3n) is 8.68. The van der Waals surface area contributed by atoms with Gasteiger partial charge in [0.25, 0.3) is 0 Å². The first kappa shape index (κ1) is 24.9.